The number of nitrogens with one attached hydrogen (secondary N) is 2. The molecular weight excluding hydrogens is 338 g/mol. The summed E-state index contributed by atoms with van der Waals surface area (Å²) in [6.07, 6.45) is 12.9. The lowest BCUT2D eigenvalue weighted by Crippen LogP contribution is -2.18. The number of nitrogens with zero attached hydrogens (tertiary/aromatic N) is 1. The summed E-state index contributed by atoms with van der Waals surface area (Å²) in [5.74, 6) is -0.105. The summed E-state index contributed by atoms with van der Waals surface area (Å²) in [4.78, 5) is 26.6. The van der Waals surface area contributed by atoms with Crippen molar-refractivity contribution in [2.75, 3.05) is 0 Å². The zero-order valence-electron chi connectivity index (χ0n) is 16.3. The molecule has 27 heavy (non-hydrogen) atoms. The SMILES string of the molecule is CCCCCCCCCCCC(=O)N/N=C\c1cc2ccccc2[nH]c1=O. The molecule has 0 aliphatic carbocycles. The van der Waals surface area contributed by atoms with E-state index in [4.69, 9.17) is 0 Å². The second-order valence-corrected chi connectivity index (χ2v) is 7.01. The molecule has 5 nitrogen and oxygen atoms in total. The number of hydrogen-bond acceptors (Lipinski definition) is 3. The number of hydrazone groups is 1. The summed E-state index contributed by atoms with van der Waals surface area (Å²) >= 11 is 0. The molecule has 0 atom stereocenters. The Morgan fingerprint density at radius 2 is 1.70 bits per heavy atom. The van der Waals surface area contributed by atoms with Crippen LogP contribution in [0, 0.1) is 0 Å². The van der Waals surface area contributed by atoms with Crippen molar-refractivity contribution in [3.05, 3.63) is 46.2 Å². The number of carbonyl (C=O) groups is 1. The van der Waals surface area contributed by atoms with Gasteiger partial charge in [0.15, 0.2) is 0 Å². The number of amides is 1. The second kappa shape index (κ2) is 12.0. The number of H-pyrrole nitrogens is 1. The summed E-state index contributed by atoms with van der Waals surface area (Å²) in [6.45, 7) is 2.23. The van der Waals surface area contributed by atoms with E-state index >= 15 is 0 Å². The summed E-state index contributed by atoms with van der Waals surface area (Å²) in [7, 11) is 0. The Kier molecular flexibility index (Phi) is 9.31. The van der Waals surface area contributed by atoms with Gasteiger partial charge >= 0.3 is 0 Å². The molecule has 0 spiro atoms. The van der Waals surface area contributed by atoms with E-state index in [0.29, 0.717) is 12.0 Å². The molecule has 0 fully saturated rings. The Labute approximate surface area is 161 Å². The molecule has 2 N–H and O–H groups in total. The van der Waals surface area contributed by atoms with Crippen molar-refractivity contribution >= 4 is 23.0 Å². The molecule has 0 bridgehead atoms. The Hall–Kier alpha value is -2.43. The van der Waals surface area contributed by atoms with Crippen molar-refractivity contribution in [1.82, 2.24) is 10.4 Å². The third kappa shape index (κ3) is 7.77. The predicted molar refractivity (Wildman–Crippen MR) is 112 cm³/mol. The van der Waals surface area contributed by atoms with Crippen LogP contribution < -0.4 is 11.0 Å². The maximum atomic E-state index is 12.0. The molecule has 0 aliphatic rings. The van der Waals surface area contributed by atoms with Gasteiger partial charge in [0, 0.05) is 11.9 Å². The van der Waals surface area contributed by atoms with Crippen LogP contribution in [0.5, 0.6) is 0 Å². The van der Waals surface area contributed by atoms with Crippen molar-refractivity contribution in [2.24, 2.45) is 5.10 Å². The molecule has 0 saturated carbocycles. The highest BCUT2D eigenvalue weighted by Gasteiger charge is 2.02. The zero-order valence-corrected chi connectivity index (χ0v) is 16.3. The largest absolute Gasteiger partial charge is 0.321 e. The van der Waals surface area contributed by atoms with Gasteiger partial charge < -0.3 is 4.98 Å². The molecule has 1 aromatic heterocycles. The topological polar surface area (TPSA) is 74.3 Å². The van der Waals surface area contributed by atoms with Crippen LogP contribution in [0.1, 0.15) is 76.7 Å². The summed E-state index contributed by atoms with van der Waals surface area (Å²) in [6, 6.07) is 9.33. The fourth-order valence-corrected chi connectivity index (χ4v) is 3.09. The molecule has 0 radical (unpaired) electrons. The molecule has 5 heteroatoms. The first-order valence-electron chi connectivity index (χ1n) is 10.1. The zero-order chi connectivity index (χ0) is 19.3. The number of fused-ring (bicyclic) bond motifs is 1. The van der Waals surface area contributed by atoms with Crippen molar-refractivity contribution in [2.45, 2.75) is 71.1 Å². The minimum atomic E-state index is -0.217. The first-order chi connectivity index (χ1) is 13.2. The van der Waals surface area contributed by atoms with Gasteiger partial charge in [-0.25, -0.2) is 5.43 Å². The van der Waals surface area contributed by atoms with Crippen LogP contribution >= 0.6 is 0 Å². The smallest absolute Gasteiger partial charge is 0.257 e. The lowest BCUT2D eigenvalue weighted by molar-refractivity contribution is -0.121. The summed E-state index contributed by atoms with van der Waals surface area (Å²) < 4.78 is 0. The van der Waals surface area contributed by atoms with Crippen LogP contribution in [-0.2, 0) is 4.79 Å². The average molecular weight is 370 g/mol. The second-order valence-electron chi connectivity index (χ2n) is 7.01. The van der Waals surface area contributed by atoms with Gasteiger partial charge in [0.1, 0.15) is 0 Å². The van der Waals surface area contributed by atoms with Crippen LogP contribution in [0.25, 0.3) is 10.9 Å². The van der Waals surface area contributed by atoms with Crippen LogP contribution in [0.4, 0.5) is 0 Å². The number of rotatable bonds is 12. The van der Waals surface area contributed by atoms with Crippen molar-refractivity contribution in [1.29, 1.82) is 0 Å². The van der Waals surface area contributed by atoms with E-state index in [1.54, 1.807) is 6.07 Å². The highest BCUT2D eigenvalue weighted by molar-refractivity contribution is 5.88. The van der Waals surface area contributed by atoms with E-state index in [1.807, 2.05) is 24.3 Å². The van der Waals surface area contributed by atoms with Gasteiger partial charge in [-0.2, -0.15) is 5.10 Å². The van der Waals surface area contributed by atoms with Gasteiger partial charge in [0.25, 0.3) is 5.56 Å². The number of hydrogen-bond donors (Lipinski definition) is 2. The van der Waals surface area contributed by atoms with E-state index in [0.717, 1.165) is 23.7 Å². The molecule has 1 aromatic carbocycles. The van der Waals surface area contributed by atoms with Gasteiger partial charge in [0.2, 0.25) is 5.91 Å². The lowest BCUT2D eigenvalue weighted by Gasteiger charge is -2.02. The quantitative estimate of drug-likeness (QED) is 0.317. The fraction of sp³-hybridized carbons (Fsp3) is 0.500. The number of unbranched alkanes of at least 4 members (excludes halogenated alkanes) is 8. The minimum Gasteiger partial charge on any atom is -0.321 e. The maximum absolute atomic E-state index is 12.0. The standard InChI is InChI=1S/C22H31N3O2/c1-2-3-4-5-6-7-8-9-10-15-21(26)25-23-17-19-16-18-13-11-12-14-20(18)24-22(19)27/h11-14,16-17H,2-10,15H2,1H3,(H,24,27)(H,25,26)/b23-17-. The van der Waals surface area contributed by atoms with Gasteiger partial charge in [-0.1, -0.05) is 76.5 Å². The first kappa shape index (κ1) is 20.9. The molecule has 1 amide bonds. The summed E-state index contributed by atoms with van der Waals surface area (Å²) in [5.41, 5.74) is 3.51. The molecule has 0 aliphatic heterocycles. The Morgan fingerprint density at radius 3 is 2.44 bits per heavy atom. The molecular formula is C22H31N3O2. The highest BCUT2D eigenvalue weighted by atomic mass is 16.2. The number of aromatic nitrogens is 1. The molecule has 146 valence electrons. The lowest BCUT2D eigenvalue weighted by atomic mass is 10.1. The van der Waals surface area contributed by atoms with Gasteiger partial charge in [0.05, 0.1) is 11.8 Å². The fourth-order valence-electron chi connectivity index (χ4n) is 3.09. The van der Waals surface area contributed by atoms with Gasteiger partial charge in [-0.05, 0) is 23.9 Å². The Balaban J connectivity index is 1.64. The van der Waals surface area contributed by atoms with Gasteiger partial charge in [-0.15, -0.1) is 0 Å². The van der Waals surface area contributed by atoms with Crippen molar-refractivity contribution < 1.29 is 4.79 Å². The highest BCUT2D eigenvalue weighted by Crippen LogP contribution is 2.11. The maximum Gasteiger partial charge on any atom is 0.257 e. The third-order valence-electron chi connectivity index (χ3n) is 4.68. The van der Waals surface area contributed by atoms with E-state index in [-0.39, 0.29) is 11.5 Å². The molecule has 0 saturated heterocycles. The number of pyridine rings is 1. The third-order valence-corrected chi connectivity index (χ3v) is 4.68. The number of carbonyl (C=O) groups excluding carboxylic acids is 1. The number of benzene rings is 1. The number of para-hydroxylation sites is 1. The van der Waals surface area contributed by atoms with Crippen LogP contribution in [-0.4, -0.2) is 17.1 Å². The normalized spacial score (nSPS) is 11.3. The molecule has 0 unspecified atom stereocenters. The Bertz CT molecular complexity index is 795. The van der Waals surface area contributed by atoms with Crippen LogP contribution in [0.15, 0.2) is 40.2 Å². The minimum absolute atomic E-state index is 0.105. The summed E-state index contributed by atoms with van der Waals surface area (Å²) in [5, 5.41) is 4.85. The Morgan fingerprint density at radius 1 is 1.04 bits per heavy atom. The van der Waals surface area contributed by atoms with E-state index in [2.05, 4.69) is 22.4 Å². The van der Waals surface area contributed by atoms with Crippen molar-refractivity contribution in [3.8, 4) is 0 Å². The van der Waals surface area contributed by atoms with E-state index in [1.165, 1.54) is 51.2 Å². The van der Waals surface area contributed by atoms with Crippen molar-refractivity contribution in [3.63, 3.8) is 0 Å². The number of aromatic amines is 1. The first-order valence-corrected chi connectivity index (χ1v) is 10.1. The molecule has 2 aromatic rings. The predicted octanol–water partition coefficient (Wildman–Crippen LogP) is 4.90. The average Bonchev–Trinajstić information content (AvgIpc) is 2.67. The molecule has 1 heterocycles. The van der Waals surface area contributed by atoms with E-state index < -0.39 is 0 Å². The van der Waals surface area contributed by atoms with E-state index in [9.17, 15) is 9.59 Å². The van der Waals surface area contributed by atoms with Crippen LogP contribution in [0.3, 0.4) is 0 Å². The monoisotopic (exact) mass is 369 g/mol. The molecule has 2 rings (SSSR count). The van der Waals surface area contributed by atoms with Crippen LogP contribution in [0.2, 0.25) is 0 Å². The van der Waals surface area contributed by atoms with Gasteiger partial charge in [-0.3, -0.25) is 9.59 Å².